The average Bonchev–Trinajstić information content (AvgIpc) is 2.81. The van der Waals surface area contributed by atoms with Gasteiger partial charge in [0.05, 0.1) is 7.11 Å². The molecule has 26 heavy (non-hydrogen) atoms. The smallest absolute Gasteiger partial charge is 0.162 e. The summed E-state index contributed by atoms with van der Waals surface area (Å²) in [6.45, 7) is 8.30. The van der Waals surface area contributed by atoms with E-state index in [2.05, 4.69) is 27.7 Å². The number of rotatable bonds is 3. The number of methoxy groups -OCH3 is 1. The van der Waals surface area contributed by atoms with Gasteiger partial charge in [0.1, 0.15) is 11.5 Å². The molecule has 4 heteroatoms. The first kappa shape index (κ1) is 18.2. The van der Waals surface area contributed by atoms with Crippen molar-refractivity contribution in [3.05, 3.63) is 69.8 Å². The Hall–Kier alpha value is -2.62. The molecular formula is C22H22F2O2. The van der Waals surface area contributed by atoms with E-state index in [-0.39, 0.29) is 17.2 Å². The molecule has 0 atom stereocenters. The van der Waals surface area contributed by atoms with Crippen molar-refractivity contribution in [1.29, 1.82) is 0 Å². The summed E-state index contributed by atoms with van der Waals surface area (Å²) < 4.78 is 32.9. The molecule has 0 radical (unpaired) electrons. The molecule has 0 spiro atoms. The molecule has 0 heterocycles. The van der Waals surface area contributed by atoms with E-state index in [0.29, 0.717) is 11.3 Å². The van der Waals surface area contributed by atoms with E-state index in [0.717, 1.165) is 17.7 Å². The highest BCUT2D eigenvalue weighted by atomic mass is 19.2. The van der Waals surface area contributed by atoms with Crippen LogP contribution in [0.4, 0.5) is 8.78 Å². The maximum absolute atomic E-state index is 13.9. The lowest BCUT2D eigenvalue weighted by Gasteiger charge is -2.23. The highest BCUT2D eigenvalue weighted by Gasteiger charge is 2.31. The highest BCUT2D eigenvalue weighted by molar-refractivity contribution is 5.78. The fourth-order valence-corrected chi connectivity index (χ4v) is 3.79. The molecule has 136 valence electrons. The summed E-state index contributed by atoms with van der Waals surface area (Å²) in [7, 11) is 1.58. The Morgan fingerprint density at radius 3 is 2.04 bits per heavy atom. The molecule has 3 rings (SSSR count). The largest absolute Gasteiger partial charge is 0.507 e. The van der Waals surface area contributed by atoms with Crippen molar-refractivity contribution in [1.82, 2.24) is 0 Å². The Balaban J connectivity index is 2.33. The van der Waals surface area contributed by atoms with Gasteiger partial charge in [-0.3, -0.25) is 0 Å². The van der Waals surface area contributed by atoms with E-state index in [9.17, 15) is 13.9 Å². The van der Waals surface area contributed by atoms with Crippen molar-refractivity contribution in [3.8, 4) is 22.6 Å². The minimum absolute atomic E-state index is 0.0336. The number of aromatic hydroxyl groups is 1. The van der Waals surface area contributed by atoms with E-state index < -0.39 is 11.6 Å². The van der Waals surface area contributed by atoms with Gasteiger partial charge in [-0.25, -0.2) is 8.78 Å². The van der Waals surface area contributed by atoms with E-state index in [1.54, 1.807) is 19.2 Å². The molecule has 0 unspecified atom stereocenters. The van der Waals surface area contributed by atoms with Crippen LogP contribution >= 0.6 is 0 Å². The maximum Gasteiger partial charge on any atom is 0.162 e. The number of phenolic OH excluding ortho intramolecular Hbond substituents is 1. The summed E-state index contributed by atoms with van der Waals surface area (Å²) in [5.41, 5.74) is 6.55. The molecular weight excluding hydrogens is 334 g/mol. The van der Waals surface area contributed by atoms with Gasteiger partial charge in [-0.15, -0.1) is 0 Å². The molecule has 2 aromatic rings. The van der Waals surface area contributed by atoms with Crippen LogP contribution in [-0.4, -0.2) is 12.2 Å². The SMILES string of the molecule is COc1cccc(-c2cc(F)c(F)cc2O)c1C1C(C)=C(C)C(C)=C1C. The van der Waals surface area contributed by atoms with Gasteiger partial charge in [0.25, 0.3) is 0 Å². The zero-order valence-electron chi connectivity index (χ0n) is 15.6. The van der Waals surface area contributed by atoms with Gasteiger partial charge in [0.15, 0.2) is 11.6 Å². The van der Waals surface area contributed by atoms with Crippen LogP contribution in [0.1, 0.15) is 39.2 Å². The van der Waals surface area contributed by atoms with Gasteiger partial charge in [-0.05, 0) is 56.5 Å². The third-order valence-corrected chi connectivity index (χ3v) is 5.52. The van der Waals surface area contributed by atoms with E-state index in [4.69, 9.17) is 4.74 Å². The highest BCUT2D eigenvalue weighted by Crippen LogP contribution is 2.50. The standard InChI is InChI=1S/C22H22F2O2/c1-11-12(2)14(4)21(13(11)3)22-15(7-6-8-20(22)26-5)16-9-17(23)18(24)10-19(16)25/h6-10,21,25H,1-5H3. The molecule has 1 aliphatic carbocycles. The van der Waals surface area contributed by atoms with Gasteiger partial charge in [0.2, 0.25) is 0 Å². The third kappa shape index (κ3) is 2.70. The van der Waals surface area contributed by atoms with Crippen molar-refractivity contribution in [2.45, 2.75) is 33.6 Å². The summed E-state index contributed by atoms with van der Waals surface area (Å²) in [6, 6.07) is 7.28. The third-order valence-electron chi connectivity index (χ3n) is 5.52. The Kier molecular flexibility index (Phi) is 4.61. The lowest BCUT2D eigenvalue weighted by molar-refractivity contribution is 0.409. The summed E-state index contributed by atoms with van der Waals surface area (Å²) in [5.74, 6) is -1.75. The zero-order valence-corrected chi connectivity index (χ0v) is 15.6. The van der Waals surface area contributed by atoms with Crippen LogP contribution < -0.4 is 4.74 Å². The Morgan fingerprint density at radius 1 is 0.885 bits per heavy atom. The first-order valence-electron chi connectivity index (χ1n) is 8.48. The van der Waals surface area contributed by atoms with Gasteiger partial charge in [-0.2, -0.15) is 0 Å². The monoisotopic (exact) mass is 356 g/mol. The average molecular weight is 356 g/mol. The van der Waals surface area contributed by atoms with Crippen LogP contribution in [0, 0.1) is 11.6 Å². The first-order chi connectivity index (χ1) is 12.3. The van der Waals surface area contributed by atoms with Crippen molar-refractivity contribution in [2.75, 3.05) is 7.11 Å². The van der Waals surface area contributed by atoms with E-state index >= 15 is 0 Å². The quantitative estimate of drug-likeness (QED) is 0.718. The van der Waals surface area contributed by atoms with E-state index in [1.807, 2.05) is 6.07 Å². The van der Waals surface area contributed by atoms with Gasteiger partial charge < -0.3 is 9.84 Å². The van der Waals surface area contributed by atoms with Gasteiger partial charge in [-0.1, -0.05) is 23.3 Å². The van der Waals surface area contributed by atoms with Gasteiger partial charge >= 0.3 is 0 Å². The number of hydrogen-bond acceptors (Lipinski definition) is 2. The predicted molar refractivity (Wildman–Crippen MR) is 99.5 cm³/mol. The van der Waals surface area contributed by atoms with E-state index in [1.165, 1.54) is 22.3 Å². The Labute approximate surface area is 152 Å². The van der Waals surface area contributed by atoms with Crippen LogP contribution in [0.15, 0.2) is 52.6 Å². The number of benzene rings is 2. The molecule has 0 amide bonds. The number of hydrogen-bond donors (Lipinski definition) is 1. The molecule has 2 aromatic carbocycles. The fourth-order valence-electron chi connectivity index (χ4n) is 3.79. The molecule has 0 aromatic heterocycles. The fraction of sp³-hybridized carbons (Fsp3) is 0.273. The van der Waals surface area contributed by atoms with Crippen LogP contribution in [0.2, 0.25) is 0 Å². The molecule has 2 nitrogen and oxygen atoms in total. The molecule has 0 fully saturated rings. The molecule has 1 N–H and O–H groups in total. The van der Waals surface area contributed by atoms with Crippen LogP contribution in [0.25, 0.3) is 11.1 Å². The van der Waals surface area contributed by atoms with Crippen molar-refractivity contribution in [2.24, 2.45) is 0 Å². The van der Waals surface area contributed by atoms with Gasteiger partial charge in [0, 0.05) is 23.1 Å². The number of allylic oxidation sites excluding steroid dienone is 4. The second-order valence-electron chi connectivity index (χ2n) is 6.75. The number of phenols is 1. The molecule has 0 bridgehead atoms. The topological polar surface area (TPSA) is 29.5 Å². The first-order valence-corrected chi connectivity index (χ1v) is 8.48. The second-order valence-corrected chi connectivity index (χ2v) is 6.75. The van der Waals surface area contributed by atoms with Crippen molar-refractivity contribution in [3.63, 3.8) is 0 Å². The minimum atomic E-state index is -1.07. The summed E-state index contributed by atoms with van der Waals surface area (Å²) in [4.78, 5) is 0. The Bertz CT molecular complexity index is 931. The minimum Gasteiger partial charge on any atom is -0.507 e. The van der Waals surface area contributed by atoms with Crippen molar-refractivity contribution < 1.29 is 18.6 Å². The molecule has 1 aliphatic rings. The molecule has 0 saturated heterocycles. The van der Waals surface area contributed by atoms with Crippen molar-refractivity contribution >= 4 is 0 Å². The summed E-state index contributed by atoms with van der Waals surface area (Å²) in [5, 5.41) is 10.3. The lowest BCUT2D eigenvalue weighted by Crippen LogP contribution is -2.05. The molecule has 0 saturated carbocycles. The zero-order chi connectivity index (χ0) is 19.2. The summed E-state index contributed by atoms with van der Waals surface area (Å²) in [6.07, 6.45) is 0. The van der Waals surface area contributed by atoms with Crippen LogP contribution in [-0.2, 0) is 0 Å². The molecule has 0 aliphatic heterocycles. The predicted octanol–water partition coefficient (Wildman–Crippen LogP) is 6.12. The Morgan fingerprint density at radius 2 is 1.46 bits per heavy atom. The van der Waals surface area contributed by atoms with Crippen LogP contribution in [0.5, 0.6) is 11.5 Å². The maximum atomic E-state index is 13.9. The summed E-state index contributed by atoms with van der Waals surface area (Å²) >= 11 is 0. The number of halogens is 2. The second kappa shape index (κ2) is 6.60. The number of ether oxygens (including phenoxy) is 1. The van der Waals surface area contributed by atoms with Crippen LogP contribution in [0.3, 0.4) is 0 Å². The normalized spacial score (nSPS) is 15.2. The lowest BCUT2D eigenvalue weighted by atomic mass is 9.83.